The van der Waals surface area contributed by atoms with Gasteiger partial charge < -0.3 is 31.7 Å². The maximum absolute atomic E-state index is 14.8. The van der Waals surface area contributed by atoms with Crippen molar-refractivity contribution in [3.8, 4) is 0 Å². The van der Waals surface area contributed by atoms with E-state index in [-0.39, 0.29) is 22.8 Å². The van der Waals surface area contributed by atoms with Gasteiger partial charge in [0.05, 0.1) is 35.8 Å². The summed E-state index contributed by atoms with van der Waals surface area (Å²) in [5, 5.41) is 17.1. The number of fused-ring (bicyclic) bond motifs is 1. The molecule has 3 aromatic rings. The van der Waals surface area contributed by atoms with E-state index in [1.54, 1.807) is 31.2 Å². The molecule has 0 aliphatic carbocycles. The fraction of sp³-hybridized carbons (Fsp3) is 0.385. The molecule has 0 saturated heterocycles. The summed E-state index contributed by atoms with van der Waals surface area (Å²) in [6.45, 7) is 0.983. The van der Waals surface area contributed by atoms with Crippen molar-refractivity contribution in [2.24, 2.45) is 5.73 Å². The number of hydrogen-bond donors (Lipinski definition) is 4. The van der Waals surface area contributed by atoms with Crippen molar-refractivity contribution in [1.82, 2.24) is 24.9 Å². The molecule has 0 saturated carbocycles. The highest BCUT2D eigenvalue weighted by atomic mass is 35.5. The summed E-state index contributed by atoms with van der Waals surface area (Å²) in [7, 11) is 3.71. The number of nitrogens with one attached hydrogen (secondary N) is 1. The van der Waals surface area contributed by atoms with E-state index in [2.05, 4.69) is 10.4 Å². The average Bonchev–Trinajstić information content (AvgIpc) is 3.23. The Labute approximate surface area is 230 Å². The molecule has 3 amide bonds. The third-order valence-electron chi connectivity index (χ3n) is 6.28. The minimum atomic E-state index is -0.784. The molecule has 210 valence electrons. The van der Waals surface area contributed by atoms with Crippen molar-refractivity contribution in [3.63, 3.8) is 0 Å². The maximum Gasteiger partial charge on any atom is 0.269 e. The van der Waals surface area contributed by atoms with Gasteiger partial charge >= 0.3 is 0 Å². The number of halogens is 2. The van der Waals surface area contributed by atoms with Crippen LogP contribution in [0.4, 0.5) is 10.1 Å². The number of primary amides is 1. The first kappa shape index (κ1) is 29.8. The summed E-state index contributed by atoms with van der Waals surface area (Å²) in [6.07, 6.45) is 0.387. The molecule has 2 aromatic carbocycles. The summed E-state index contributed by atoms with van der Waals surface area (Å²) in [5.74, 6) is -2.50. The van der Waals surface area contributed by atoms with Crippen molar-refractivity contribution in [3.05, 3.63) is 58.5 Å². The zero-order chi connectivity index (χ0) is 28.9. The highest BCUT2D eigenvalue weighted by Crippen LogP contribution is 2.26. The second-order valence-corrected chi connectivity index (χ2v) is 9.96. The Bertz CT molecular complexity index is 1360. The van der Waals surface area contributed by atoms with E-state index in [9.17, 15) is 23.9 Å². The standard InChI is InChI=1S/C26H33ClFN7O4/c1-15(14-36)34(23(38)13-35-21-8-7-16(29)11-18(21)25(32-35)26(30)39)12-22(37)31-20(9-10-33(2)3)17-5-4-6-19(27)24(17)28/h4-8,11,15,20,36H,9-10,12-14,29H2,1-3H3,(H2,30,39)(H,31,37). The van der Waals surface area contributed by atoms with Crippen LogP contribution in [0.5, 0.6) is 0 Å². The Morgan fingerprint density at radius 1 is 1.23 bits per heavy atom. The fourth-order valence-corrected chi connectivity index (χ4v) is 4.37. The summed E-state index contributed by atoms with van der Waals surface area (Å²) in [4.78, 5) is 41.5. The molecule has 0 bridgehead atoms. The number of anilines is 1. The van der Waals surface area contributed by atoms with Crippen molar-refractivity contribution < 1.29 is 23.9 Å². The number of carbonyl (C=O) groups is 3. The van der Waals surface area contributed by atoms with E-state index in [0.717, 1.165) is 0 Å². The largest absolute Gasteiger partial charge is 0.399 e. The number of amides is 3. The van der Waals surface area contributed by atoms with E-state index < -0.39 is 48.8 Å². The molecule has 0 radical (unpaired) electrons. The number of nitrogens with zero attached hydrogens (tertiary/aromatic N) is 4. The van der Waals surface area contributed by atoms with Gasteiger partial charge in [-0.2, -0.15) is 5.10 Å². The molecule has 0 aliphatic heterocycles. The lowest BCUT2D eigenvalue weighted by molar-refractivity contribution is -0.139. The van der Waals surface area contributed by atoms with Crippen LogP contribution in [0.25, 0.3) is 10.9 Å². The van der Waals surface area contributed by atoms with Crippen LogP contribution in [-0.2, 0) is 16.1 Å². The number of aliphatic hydroxyl groups is 1. The zero-order valence-corrected chi connectivity index (χ0v) is 22.8. The summed E-state index contributed by atoms with van der Waals surface area (Å²) < 4.78 is 16.1. The highest BCUT2D eigenvalue weighted by molar-refractivity contribution is 6.30. The average molecular weight is 562 g/mol. The van der Waals surface area contributed by atoms with Gasteiger partial charge in [0, 0.05) is 16.6 Å². The van der Waals surface area contributed by atoms with Gasteiger partial charge in [-0.3, -0.25) is 19.1 Å². The number of aliphatic hydroxyl groups excluding tert-OH is 1. The number of nitrogen functional groups attached to an aromatic ring is 1. The summed E-state index contributed by atoms with van der Waals surface area (Å²) in [5.41, 5.74) is 12.3. The Morgan fingerprint density at radius 3 is 2.59 bits per heavy atom. The van der Waals surface area contributed by atoms with Crippen molar-refractivity contribution in [1.29, 1.82) is 0 Å². The van der Waals surface area contributed by atoms with Gasteiger partial charge in [-0.15, -0.1) is 0 Å². The van der Waals surface area contributed by atoms with Gasteiger partial charge in [0.1, 0.15) is 12.4 Å². The number of aromatic nitrogens is 2. The van der Waals surface area contributed by atoms with Gasteiger partial charge in [-0.05, 0) is 58.3 Å². The van der Waals surface area contributed by atoms with Crippen LogP contribution in [0, 0.1) is 5.82 Å². The molecule has 11 nitrogen and oxygen atoms in total. The molecule has 13 heteroatoms. The molecule has 2 atom stereocenters. The summed E-state index contributed by atoms with van der Waals surface area (Å²) >= 11 is 5.97. The normalized spacial score (nSPS) is 12.9. The van der Waals surface area contributed by atoms with E-state index in [4.69, 9.17) is 23.1 Å². The van der Waals surface area contributed by atoms with Crippen LogP contribution < -0.4 is 16.8 Å². The first-order valence-corrected chi connectivity index (χ1v) is 12.6. The Morgan fingerprint density at radius 2 is 1.95 bits per heavy atom. The van der Waals surface area contributed by atoms with Crippen LogP contribution >= 0.6 is 11.6 Å². The molecular weight excluding hydrogens is 529 g/mol. The van der Waals surface area contributed by atoms with Gasteiger partial charge in [-0.1, -0.05) is 23.7 Å². The third kappa shape index (κ3) is 7.22. The van der Waals surface area contributed by atoms with Gasteiger partial charge in [0.2, 0.25) is 11.8 Å². The van der Waals surface area contributed by atoms with Crippen LogP contribution in [0.1, 0.15) is 35.4 Å². The first-order chi connectivity index (χ1) is 18.4. The van der Waals surface area contributed by atoms with E-state index >= 15 is 0 Å². The Kier molecular flexibility index (Phi) is 9.84. The fourth-order valence-electron chi connectivity index (χ4n) is 4.18. The molecule has 0 aliphatic rings. The highest BCUT2D eigenvalue weighted by Gasteiger charge is 2.27. The molecule has 1 aromatic heterocycles. The van der Waals surface area contributed by atoms with Crippen molar-refractivity contribution in [2.75, 3.05) is 39.5 Å². The number of nitrogens with two attached hydrogens (primary N) is 2. The van der Waals surface area contributed by atoms with Gasteiger partial charge in [0.25, 0.3) is 5.91 Å². The lowest BCUT2D eigenvalue weighted by Crippen LogP contribution is -2.48. The quantitative estimate of drug-likeness (QED) is 0.244. The first-order valence-electron chi connectivity index (χ1n) is 12.3. The van der Waals surface area contributed by atoms with Gasteiger partial charge in [0.15, 0.2) is 5.69 Å². The van der Waals surface area contributed by atoms with Crippen LogP contribution in [0.3, 0.4) is 0 Å². The van der Waals surface area contributed by atoms with Crippen molar-refractivity contribution >= 4 is 45.9 Å². The number of benzene rings is 2. The van der Waals surface area contributed by atoms with Crippen LogP contribution in [0.2, 0.25) is 5.02 Å². The SMILES string of the molecule is CC(CO)N(CC(=O)NC(CCN(C)C)c1cccc(Cl)c1F)C(=O)Cn1nc(C(N)=O)c2cc(N)ccc21. The minimum absolute atomic E-state index is 0.0446. The van der Waals surface area contributed by atoms with Crippen LogP contribution in [0.15, 0.2) is 36.4 Å². The number of rotatable bonds is 12. The van der Waals surface area contributed by atoms with E-state index in [0.29, 0.717) is 29.6 Å². The maximum atomic E-state index is 14.8. The molecule has 6 N–H and O–H groups in total. The molecule has 0 spiro atoms. The molecule has 3 rings (SSSR count). The second kappa shape index (κ2) is 12.9. The molecule has 1 heterocycles. The van der Waals surface area contributed by atoms with Crippen molar-refractivity contribution in [2.45, 2.75) is 32.0 Å². The predicted molar refractivity (Wildman–Crippen MR) is 146 cm³/mol. The predicted octanol–water partition coefficient (Wildman–Crippen LogP) is 1.53. The third-order valence-corrected chi connectivity index (χ3v) is 6.57. The Balaban J connectivity index is 1.84. The lowest BCUT2D eigenvalue weighted by Gasteiger charge is -2.29. The van der Waals surface area contributed by atoms with Crippen LogP contribution in [-0.4, -0.2) is 82.2 Å². The molecular formula is C26H33ClFN7O4. The van der Waals surface area contributed by atoms with E-state index in [1.807, 2.05) is 19.0 Å². The number of carbonyl (C=O) groups excluding carboxylic acids is 3. The monoisotopic (exact) mass is 561 g/mol. The van der Waals surface area contributed by atoms with Gasteiger partial charge in [-0.25, -0.2) is 4.39 Å². The Hall–Kier alpha value is -3.74. The second-order valence-electron chi connectivity index (χ2n) is 9.56. The lowest BCUT2D eigenvalue weighted by atomic mass is 10.0. The summed E-state index contributed by atoms with van der Waals surface area (Å²) in [6, 6.07) is 7.88. The number of hydrogen-bond acceptors (Lipinski definition) is 7. The molecule has 2 unspecified atom stereocenters. The minimum Gasteiger partial charge on any atom is -0.399 e. The molecule has 0 fully saturated rings. The topological polar surface area (TPSA) is 160 Å². The smallest absolute Gasteiger partial charge is 0.269 e. The van der Waals surface area contributed by atoms with E-state index in [1.165, 1.54) is 21.7 Å². The molecule has 39 heavy (non-hydrogen) atoms. The zero-order valence-electron chi connectivity index (χ0n) is 22.0.